The van der Waals surface area contributed by atoms with Gasteiger partial charge in [-0.2, -0.15) is 5.10 Å². The smallest absolute Gasteiger partial charge is 0.223 e. The van der Waals surface area contributed by atoms with E-state index in [9.17, 15) is 4.79 Å². The number of nitrogens with one attached hydrogen (secondary N) is 1. The maximum Gasteiger partial charge on any atom is 0.223 e. The Bertz CT molecular complexity index is 648. The molecule has 24 heavy (non-hydrogen) atoms. The van der Waals surface area contributed by atoms with Crippen molar-refractivity contribution in [2.75, 3.05) is 39.8 Å². The van der Waals surface area contributed by atoms with Crippen molar-refractivity contribution < 1.29 is 4.79 Å². The van der Waals surface area contributed by atoms with E-state index < -0.39 is 0 Å². The zero-order valence-electron chi connectivity index (χ0n) is 14.2. The van der Waals surface area contributed by atoms with Crippen molar-refractivity contribution in [1.82, 2.24) is 24.9 Å². The van der Waals surface area contributed by atoms with Gasteiger partial charge in [0.1, 0.15) is 0 Å². The molecule has 0 spiro atoms. The number of aromatic nitrogens is 2. The van der Waals surface area contributed by atoms with Gasteiger partial charge in [-0.3, -0.25) is 4.79 Å². The van der Waals surface area contributed by atoms with Gasteiger partial charge < -0.3 is 15.1 Å². The number of hydrogen-bond acceptors (Lipinski definition) is 4. The Morgan fingerprint density at radius 1 is 1.25 bits per heavy atom. The normalized spacial score (nSPS) is 15.0. The van der Waals surface area contributed by atoms with Crippen molar-refractivity contribution in [2.24, 2.45) is 0 Å². The van der Waals surface area contributed by atoms with Crippen LogP contribution in [0.1, 0.15) is 12.0 Å². The molecule has 0 unspecified atom stereocenters. The van der Waals surface area contributed by atoms with Crippen molar-refractivity contribution >= 4 is 5.91 Å². The molecule has 6 heteroatoms. The van der Waals surface area contributed by atoms with Gasteiger partial charge in [-0.15, -0.1) is 0 Å². The summed E-state index contributed by atoms with van der Waals surface area (Å²) in [5, 5.41) is 7.69. The zero-order chi connectivity index (χ0) is 16.8. The standard InChI is InChI=1S/C18H25N5O/c1-21(10-7-18(24)22-11-8-19-9-12-22)14-16-13-20-23(15-16)17-5-3-2-4-6-17/h2-6,13,15,19H,7-12,14H2,1H3. The molecule has 1 fully saturated rings. The molecular formula is C18H25N5O. The monoisotopic (exact) mass is 327 g/mol. The average molecular weight is 327 g/mol. The second-order valence-electron chi connectivity index (χ2n) is 6.25. The summed E-state index contributed by atoms with van der Waals surface area (Å²) in [5.41, 5.74) is 2.20. The lowest BCUT2D eigenvalue weighted by atomic mass is 10.2. The van der Waals surface area contributed by atoms with Gasteiger partial charge in [-0.1, -0.05) is 18.2 Å². The van der Waals surface area contributed by atoms with Gasteiger partial charge >= 0.3 is 0 Å². The highest BCUT2D eigenvalue weighted by atomic mass is 16.2. The summed E-state index contributed by atoms with van der Waals surface area (Å²) in [5.74, 6) is 0.253. The Hall–Kier alpha value is -2.18. The summed E-state index contributed by atoms with van der Waals surface area (Å²) in [4.78, 5) is 16.3. The minimum Gasteiger partial charge on any atom is -0.340 e. The number of piperazine rings is 1. The van der Waals surface area contributed by atoms with Crippen LogP contribution in [0.4, 0.5) is 0 Å². The number of nitrogens with zero attached hydrogens (tertiary/aromatic N) is 4. The first-order chi connectivity index (χ1) is 11.7. The first-order valence-corrected chi connectivity index (χ1v) is 8.48. The predicted octanol–water partition coefficient (Wildman–Crippen LogP) is 1.13. The molecule has 0 bridgehead atoms. The van der Waals surface area contributed by atoms with E-state index in [1.165, 1.54) is 0 Å². The fourth-order valence-corrected chi connectivity index (χ4v) is 2.91. The van der Waals surface area contributed by atoms with Crippen molar-refractivity contribution in [3.05, 3.63) is 48.3 Å². The Labute approximate surface area is 143 Å². The second-order valence-corrected chi connectivity index (χ2v) is 6.25. The lowest BCUT2D eigenvalue weighted by Gasteiger charge is -2.28. The van der Waals surface area contributed by atoms with Gasteiger partial charge in [-0.25, -0.2) is 4.68 Å². The Morgan fingerprint density at radius 2 is 2.00 bits per heavy atom. The SMILES string of the molecule is CN(CCC(=O)N1CCNCC1)Cc1cnn(-c2ccccc2)c1. The lowest BCUT2D eigenvalue weighted by Crippen LogP contribution is -2.47. The van der Waals surface area contributed by atoms with E-state index in [1.54, 1.807) is 0 Å². The fraction of sp³-hybridized carbons (Fsp3) is 0.444. The van der Waals surface area contributed by atoms with Crippen LogP contribution in [0.25, 0.3) is 5.69 Å². The van der Waals surface area contributed by atoms with Gasteiger partial charge in [0.05, 0.1) is 11.9 Å². The summed E-state index contributed by atoms with van der Waals surface area (Å²) >= 11 is 0. The average Bonchev–Trinajstić information content (AvgIpc) is 3.09. The number of carbonyl (C=O) groups excluding carboxylic acids is 1. The first kappa shape index (κ1) is 16.7. The van der Waals surface area contributed by atoms with Crippen molar-refractivity contribution in [3.63, 3.8) is 0 Å². The van der Waals surface area contributed by atoms with Crippen LogP contribution in [0.2, 0.25) is 0 Å². The minimum absolute atomic E-state index is 0.253. The van der Waals surface area contributed by atoms with Gasteiger partial charge in [0.15, 0.2) is 0 Å². The summed E-state index contributed by atoms with van der Waals surface area (Å²) < 4.78 is 1.88. The summed E-state index contributed by atoms with van der Waals surface area (Å²) in [6, 6.07) is 10.1. The molecule has 0 aliphatic carbocycles. The number of rotatable bonds is 6. The van der Waals surface area contributed by atoms with Crippen LogP contribution >= 0.6 is 0 Å². The van der Waals surface area contributed by atoms with Gasteiger partial charge in [0, 0.05) is 57.4 Å². The molecule has 1 N–H and O–H groups in total. The highest BCUT2D eigenvalue weighted by Gasteiger charge is 2.16. The molecular weight excluding hydrogens is 302 g/mol. The van der Waals surface area contributed by atoms with E-state index in [-0.39, 0.29) is 5.91 Å². The highest BCUT2D eigenvalue weighted by Crippen LogP contribution is 2.09. The van der Waals surface area contributed by atoms with Gasteiger partial charge in [0.25, 0.3) is 0 Å². The van der Waals surface area contributed by atoms with Crippen molar-refractivity contribution in [3.8, 4) is 5.69 Å². The van der Waals surface area contributed by atoms with Crippen LogP contribution in [0, 0.1) is 0 Å². The molecule has 3 rings (SSSR count). The van der Waals surface area contributed by atoms with Crippen LogP contribution < -0.4 is 5.32 Å². The van der Waals surface area contributed by atoms with Gasteiger partial charge in [0.2, 0.25) is 5.91 Å². The number of hydrogen-bond donors (Lipinski definition) is 1. The van der Waals surface area contributed by atoms with E-state index in [0.29, 0.717) is 6.42 Å². The van der Waals surface area contributed by atoms with Crippen molar-refractivity contribution in [2.45, 2.75) is 13.0 Å². The molecule has 2 aromatic rings. The van der Waals surface area contributed by atoms with E-state index in [4.69, 9.17) is 0 Å². The number of amides is 1. The fourth-order valence-electron chi connectivity index (χ4n) is 2.91. The minimum atomic E-state index is 0.253. The van der Waals surface area contributed by atoms with E-state index >= 15 is 0 Å². The molecule has 6 nitrogen and oxygen atoms in total. The maximum atomic E-state index is 12.2. The first-order valence-electron chi connectivity index (χ1n) is 8.48. The molecule has 2 heterocycles. The second kappa shape index (κ2) is 8.08. The predicted molar refractivity (Wildman–Crippen MR) is 94.0 cm³/mol. The van der Waals surface area contributed by atoms with Crippen LogP contribution in [-0.2, 0) is 11.3 Å². The highest BCUT2D eigenvalue weighted by molar-refractivity contribution is 5.76. The van der Waals surface area contributed by atoms with Crippen LogP contribution in [0.15, 0.2) is 42.7 Å². The molecule has 1 aromatic heterocycles. The molecule has 0 radical (unpaired) electrons. The molecule has 1 aliphatic heterocycles. The molecule has 1 aromatic carbocycles. The third kappa shape index (κ3) is 4.43. The number of benzene rings is 1. The van der Waals surface area contributed by atoms with E-state index in [1.807, 2.05) is 59.4 Å². The topological polar surface area (TPSA) is 53.4 Å². The van der Waals surface area contributed by atoms with Crippen molar-refractivity contribution in [1.29, 1.82) is 0 Å². The summed E-state index contributed by atoms with van der Waals surface area (Å²) in [6.45, 7) is 5.01. The Balaban J connectivity index is 1.47. The third-order valence-corrected chi connectivity index (χ3v) is 4.29. The van der Waals surface area contributed by atoms with E-state index in [2.05, 4.69) is 15.3 Å². The largest absolute Gasteiger partial charge is 0.340 e. The third-order valence-electron chi connectivity index (χ3n) is 4.29. The van der Waals surface area contributed by atoms with Crippen LogP contribution in [-0.4, -0.2) is 65.3 Å². The summed E-state index contributed by atoms with van der Waals surface area (Å²) in [6.07, 6.45) is 4.51. The molecule has 1 saturated heterocycles. The van der Waals surface area contributed by atoms with Crippen LogP contribution in [0.5, 0.6) is 0 Å². The summed E-state index contributed by atoms with van der Waals surface area (Å²) in [7, 11) is 2.05. The molecule has 0 atom stereocenters. The van der Waals surface area contributed by atoms with E-state index in [0.717, 1.165) is 50.5 Å². The zero-order valence-corrected chi connectivity index (χ0v) is 14.2. The maximum absolute atomic E-state index is 12.2. The molecule has 0 saturated carbocycles. The Kier molecular flexibility index (Phi) is 5.61. The van der Waals surface area contributed by atoms with Gasteiger partial charge in [-0.05, 0) is 19.2 Å². The van der Waals surface area contributed by atoms with Crippen LogP contribution in [0.3, 0.4) is 0 Å². The quantitative estimate of drug-likeness (QED) is 0.864. The number of para-hydroxylation sites is 1. The molecule has 1 aliphatic rings. The molecule has 1 amide bonds. The number of carbonyl (C=O) groups is 1. The molecule has 128 valence electrons. The lowest BCUT2D eigenvalue weighted by molar-refractivity contribution is -0.132. The Morgan fingerprint density at radius 3 is 2.75 bits per heavy atom.